The lowest BCUT2D eigenvalue weighted by Gasteiger charge is -2.22. The summed E-state index contributed by atoms with van der Waals surface area (Å²) in [5.41, 5.74) is -2.29. The summed E-state index contributed by atoms with van der Waals surface area (Å²) >= 11 is 3.39. The first-order chi connectivity index (χ1) is 13.3. The molecule has 1 heterocycles. The fourth-order valence-corrected chi connectivity index (χ4v) is 5.09. The zero-order chi connectivity index (χ0) is 20.3. The number of Topliss-reactive ketones (excluding diaryl/α,β-unsaturated/α-hetero) is 1. The van der Waals surface area contributed by atoms with Gasteiger partial charge in [0.25, 0.3) is 0 Å². The van der Waals surface area contributed by atoms with Gasteiger partial charge in [-0.25, -0.2) is 4.39 Å². The summed E-state index contributed by atoms with van der Waals surface area (Å²) < 4.78 is 24.5. The Balaban J connectivity index is 1.95. The third-order valence-electron chi connectivity index (χ3n) is 5.93. The Hall–Kier alpha value is -2.54. The molecule has 3 atom stereocenters. The Morgan fingerprint density at radius 3 is 2.50 bits per heavy atom. The predicted molar refractivity (Wildman–Crippen MR) is 100 cm³/mol. The van der Waals surface area contributed by atoms with Crippen LogP contribution in [-0.4, -0.2) is 24.8 Å². The monoisotopic (exact) mass is 446 g/mol. The van der Waals surface area contributed by atoms with Gasteiger partial charge in [-0.15, -0.1) is 0 Å². The molecular weight excluding hydrogens is 431 g/mol. The van der Waals surface area contributed by atoms with Gasteiger partial charge in [-0.05, 0) is 48.9 Å². The summed E-state index contributed by atoms with van der Waals surface area (Å²) in [5.74, 6) is -2.88. The standard InChI is InChI=1S/C21H16BrFO5/c1-3-20(17(24)11-4-7-13(23)8-5-11)16-14-10-12(22)6-9-15(14)28-19(26)21(16,20)18(25)27-2/h4-10,16H,3H2,1-2H3/t16-,20+,21-/m1/s1. The Morgan fingerprint density at radius 1 is 1.21 bits per heavy atom. The Bertz CT molecular complexity index is 1020. The van der Waals surface area contributed by atoms with Crippen LogP contribution in [0.2, 0.25) is 0 Å². The normalized spacial score (nSPS) is 27.3. The van der Waals surface area contributed by atoms with E-state index in [1.807, 2.05) is 0 Å². The summed E-state index contributed by atoms with van der Waals surface area (Å²) in [6, 6.07) is 10.2. The van der Waals surface area contributed by atoms with Gasteiger partial charge < -0.3 is 9.47 Å². The van der Waals surface area contributed by atoms with Crippen molar-refractivity contribution in [2.24, 2.45) is 10.8 Å². The van der Waals surface area contributed by atoms with E-state index in [0.29, 0.717) is 11.3 Å². The fourth-order valence-electron chi connectivity index (χ4n) is 4.71. The molecule has 7 heteroatoms. The smallest absolute Gasteiger partial charge is 0.330 e. The van der Waals surface area contributed by atoms with Crippen LogP contribution in [0.25, 0.3) is 0 Å². The molecule has 2 aromatic carbocycles. The number of halogens is 2. The first-order valence-electron chi connectivity index (χ1n) is 8.75. The first kappa shape index (κ1) is 18.8. The summed E-state index contributed by atoms with van der Waals surface area (Å²) in [4.78, 5) is 39.4. The zero-order valence-electron chi connectivity index (χ0n) is 15.1. The Labute approximate surface area is 169 Å². The van der Waals surface area contributed by atoms with Crippen LogP contribution in [0.3, 0.4) is 0 Å². The second-order valence-corrected chi connectivity index (χ2v) is 7.88. The number of hydrogen-bond acceptors (Lipinski definition) is 5. The molecule has 28 heavy (non-hydrogen) atoms. The molecule has 0 saturated heterocycles. The molecule has 1 saturated carbocycles. The summed E-state index contributed by atoms with van der Waals surface area (Å²) in [5, 5.41) is 0. The number of esters is 2. The van der Waals surface area contributed by atoms with Crippen LogP contribution < -0.4 is 4.74 Å². The van der Waals surface area contributed by atoms with Crippen molar-refractivity contribution in [3.8, 4) is 5.75 Å². The number of methoxy groups -OCH3 is 1. The number of ether oxygens (including phenoxy) is 2. The second-order valence-electron chi connectivity index (χ2n) is 6.97. The second kappa shape index (κ2) is 6.24. The highest BCUT2D eigenvalue weighted by atomic mass is 79.9. The highest BCUT2D eigenvalue weighted by Crippen LogP contribution is 2.80. The van der Waals surface area contributed by atoms with E-state index in [0.717, 1.165) is 4.47 Å². The molecule has 1 aliphatic heterocycles. The van der Waals surface area contributed by atoms with Crippen LogP contribution >= 0.6 is 15.9 Å². The molecule has 0 amide bonds. The van der Waals surface area contributed by atoms with E-state index in [2.05, 4.69) is 15.9 Å². The fraction of sp³-hybridized carbons (Fsp3) is 0.286. The minimum absolute atomic E-state index is 0.212. The van der Waals surface area contributed by atoms with Crippen molar-refractivity contribution < 1.29 is 28.2 Å². The van der Waals surface area contributed by atoms with Gasteiger partial charge in [0.15, 0.2) is 11.2 Å². The van der Waals surface area contributed by atoms with Gasteiger partial charge in [0, 0.05) is 21.5 Å². The maximum Gasteiger partial charge on any atom is 0.330 e. The van der Waals surface area contributed by atoms with E-state index in [1.165, 1.54) is 31.4 Å². The zero-order valence-corrected chi connectivity index (χ0v) is 16.7. The first-order valence-corrected chi connectivity index (χ1v) is 9.54. The lowest BCUT2D eigenvalue weighted by atomic mass is 9.83. The van der Waals surface area contributed by atoms with Crippen molar-refractivity contribution in [1.29, 1.82) is 0 Å². The van der Waals surface area contributed by atoms with Gasteiger partial charge in [0.1, 0.15) is 11.6 Å². The van der Waals surface area contributed by atoms with Gasteiger partial charge in [0.05, 0.1) is 12.5 Å². The third kappa shape index (κ3) is 2.13. The molecule has 0 unspecified atom stereocenters. The van der Waals surface area contributed by atoms with Gasteiger partial charge in [-0.1, -0.05) is 22.9 Å². The summed E-state index contributed by atoms with van der Waals surface area (Å²) in [7, 11) is 1.18. The van der Waals surface area contributed by atoms with Crippen LogP contribution in [0.5, 0.6) is 5.75 Å². The molecule has 1 aliphatic carbocycles. The van der Waals surface area contributed by atoms with Crippen molar-refractivity contribution >= 4 is 33.7 Å². The number of ketones is 1. The molecule has 0 N–H and O–H groups in total. The molecule has 0 aromatic heterocycles. The van der Waals surface area contributed by atoms with Gasteiger partial charge >= 0.3 is 11.9 Å². The quantitative estimate of drug-likeness (QED) is 0.306. The number of hydrogen-bond donors (Lipinski definition) is 0. The van der Waals surface area contributed by atoms with Crippen LogP contribution in [0.1, 0.15) is 35.2 Å². The SMILES string of the molecule is CC[C@@]1(C(=O)c2ccc(F)cc2)[C@H]2c3cc(Br)ccc3OC(=O)[C@]21C(=O)OC. The minimum Gasteiger partial charge on any atom is -0.468 e. The molecule has 0 bridgehead atoms. The van der Waals surface area contributed by atoms with Crippen LogP contribution in [0.4, 0.5) is 4.39 Å². The van der Waals surface area contributed by atoms with Crippen molar-refractivity contribution in [1.82, 2.24) is 0 Å². The van der Waals surface area contributed by atoms with E-state index in [9.17, 15) is 18.8 Å². The average molecular weight is 447 g/mol. The van der Waals surface area contributed by atoms with Crippen LogP contribution in [-0.2, 0) is 14.3 Å². The number of fused-ring (bicyclic) bond motifs is 3. The van der Waals surface area contributed by atoms with Crippen molar-refractivity contribution in [2.45, 2.75) is 19.3 Å². The maximum atomic E-state index is 13.6. The van der Waals surface area contributed by atoms with E-state index >= 15 is 0 Å². The van der Waals surface area contributed by atoms with E-state index in [1.54, 1.807) is 25.1 Å². The third-order valence-corrected chi connectivity index (χ3v) is 6.42. The molecule has 0 spiro atoms. The van der Waals surface area contributed by atoms with Crippen molar-refractivity contribution in [3.63, 3.8) is 0 Å². The summed E-state index contributed by atoms with van der Waals surface area (Å²) in [6.07, 6.45) is 0.212. The largest absolute Gasteiger partial charge is 0.468 e. The number of benzene rings is 2. The van der Waals surface area contributed by atoms with Gasteiger partial charge in [0.2, 0.25) is 0 Å². The van der Waals surface area contributed by atoms with Crippen LogP contribution in [0, 0.1) is 16.6 Å². The Morgan fingerprint density at radius 2 is 1.89 bits per heavy atom. The number of carbonyl (C=O) groups excluding carboxylic acids is 3. The van der Waals surface area contributed by atoms with Crippen LogP contribution in [0.15, 0.2) is 46.9 Å². The molecule has 0 radical (unpaired) electrons. The van der Waals surface area contributed by atoms with E-state index in [-0.39, 0.29) is 12.0 Å². The molecule has 4 rings (SSSR count). The topological polar surface area (TPSA) is 69.7 Å². The average Bonchev–Trinajstić information content (AvgIpc) is 3.35. The van der Waals surface area contributed by atoms with E-state index < -0.39 is 40.3 Å². The highest BCUT2D eigenvalue weighted by molar-refractivity contribution is 9.10. The van der Waals surface area contributed by atoms with Crippen molar-refractivity contribution in [2.75, 3.05) is 7.11 Å². The molecule has 2 aromatic rings. The predicted octanol–water partition coefficient (Wildman–Crippen LogP) is 4.04. The molecule has 2 aliphatic rings. The maximum absolute atomic E-state index is 13.6. The lowest BCUT2D eigenvalue weighted by Crippen LogP contribution is -2.40. The molecule has 1 fully saturated rings. The van der Waals surface area contributed by atoms with Crippen molar-refractivity contribution in [3.05, 3.63) is 63.9 Å². The summed E-state index contributed by atoms with van der Waals surface area (Å²) in [6.45, 7) is 1.75. The number of carbonyl (C=O) groups is 3. The van der Waals surface area contributed by atoms with E-state index in [4.69, 9.17) is 9.47 Å². The van der Waals surface area contributed by atoms with Gasteiger partial charge in [-0.3, -0.25) is 14.4 Å². The highest BCUT2D eigenvalue weighted by Gasteiger charge is 2.90. The molecule has 5 nitrogen and oxygen atoms in total. The minimum atomic E-state index is -1.75. The molecule has 144 valence electrons. The Kier molecular flexibility index (Phi) is 4.19. The van der Waals surface area contributed by atoms with Gasteiger partial charge in [-0.2, -0.15) is 0 Å². The number of rotatable bonds is 4. The molecular formula is C21H16BrFO5. The lowest BCUT2D eigenvalue weighted by molar-refractivity contribution is -0.160.